The molecule has 0 aromatic heterocycles. The number of benzene rings is 1. The van der Waals surface area contributed by atoms with Crippen molar-refractivity contribution in [3.05, 3.63) is 29.8 Å². The minimum Gasteiger partial charge on any atom is -0.406 e. The molecule has 1 aromatic rings. The normalized spacial score (nSPS) is 16.1. The van der Waals surface area contributed by atoms with E-state index >= 15 is 0 Å². The molecule has 1 aliphatic rings. The minimum atomic E-state index is -4.75. The topological polar surface area (TPSA) is 72.5 Å². The molecular formula is C15H18F3NO4S. The molecular weight excluding hydrogens is 347 g/mol. The fraction of sp³-hybridized carbons (Fsp3) is 0.533. The number of aryl methyl sites for hydroxylation is 1. The molecule has 24 heavy (non-hydrogen) atoms. The number of sulfonamides is 1. The summed E-state index contributed by atoms with van der Waals surface area (Å²) in [5.74, 6) is -0.961. The third-order valence-electron chi connectivity index (χ3n) is 3.79. The van der Waals surface area contributed by atoms with Crippen molar-refractivity contribution in [1.29, 1.82) is 0 Å². The van der Waals surface area contributed by atoms with Gasteiger partial charge in [-0.3, -0.25) is 9.52 Å². The van der Waals surface area contributed by atoms with Gasteiger partial charge in [0.2, 0.25) is 15.9 Å². The summed E-state index contributed by atoms with van der Waals surface area (Å²) in [6.07, 6.45) is -1.80. The quantitative estimate of drug-likeness (QED) is 0.841. The second-order valence-corrected chi connectivity index (χ2v) is 7.63. The van der Waals surface area contributed by atoms with Crippen molar-refractivity contribution in [3.63, 3.8) is 0 Å². The van der Waals surface area contributed by atoms with Gasteiger partial charge >= 0.3 is 6.36 Å². The molecule has 1 aliphatic carbocycles. The molecule has 0 radical (unpaired) electrons. The van der Waals surface area contributed by atoms with Crippen LogP contribution in [0.2, 0.25) is 0 Å². The highest BCUT2D eigenvalue weighted by Gasteiger charge is 2.31. The smallest absolute Gasteiger partial charge is 0.406 e. The van der Waals surface area contributed by atoms with Gasteiger partial charge in [-0.2, -0.15) is 0 Å². The number of alkyl halides is 3. The Labute approximate surface area is 138 Å². The summed E-state index contributed by atoms with van der Waals surface area (Å²) < 4.78 is 65.9. The summed E-state index contributed by atoms with van der Waals surface area (Å²) in [4.78, 5) is 11.8. The van der Waals surface area contributed by atoms with Gasteiger partial charge in [0.25, 0.3) is 0 Å². The third-order valence-corrected chi connectivity index (χ3v) is 5.66. The van der Waals surface area contributed by atoms with Crippen LogP contribution in [0.3, 0.4) is 0 Å². The number of carbonyl (C=O) groups is 1. The van der Waals surface area contributed by atoms with Crippen molar-refractivity contribution >= 4 is 15.9 Å². The Morgan fingerprint density at radius 2 is 1.75 bits per heavy atom. The molecule has 0 unspecified atom stereocenters. The maximum Gasteiger partial charge on any atom is 0.573 e. The van der Waals surface area contributed by atoms with Gasteiger partial charge in [0, 0.05) is 6.42 Å². The summed E-state index contributed by atoms with van der Waals surface area (Å²) in [7, 11) is -3.64. The predicted octanol–water partition coefficient (Wildman–Crippen LogP) is 2.91. The zero-order valence-electron chi connectivity index (χ0n) is 12.8. The maximum absolute atomic E-state index is 12.0. The van der Waals surface area contributed by atoms with Crippen LogP contribution in [0.25, 0.3) is 0 Å². The Bertz CT molecular complexity index is 665. The SMILES string of the molecule is O=C(CCc1ccc(OC(F)(F)F)cc1)NS(=O)(=O)C1CCCC1. The van der Waals surface area contributed by atoms with Crippen LogP contribution in [0.5, 0.6) is 5.75 Å². The average molecular weight is 365 g/mol. The van der Waals surface area contributed by atoms with Crippen molar-refractivity contribution in [2.45, 2.75) is 50.1 Å². The van der Waals surface area contributed by atoms with Crippen molar-refractivity contribution in [3.8, 4) is 5.75 Å². The Morgan fingerprint density at radius 3 is 2.29 bits per heavy atom. The van der Waals surface area contributed by atoms with Crippen LogP contribution in [0.1, 0.15) is 37.7 Å². The molecule has 0 atom stereocenters. The summed E-state index contributed by atoms with van der Waals surface area (Å²) in [5.41, 5.74) is 0.609. The third kappa shape index (κ3) is 5.70. The van der Waals surface area contributed by atoms with Crippen molar-refractivity contribution in [2.24, 2.45) is 0 Å². The van der Waals surface area contributed by atoms with Crippen LogP contribution in [-0.4, -0.2) is 25.9 Å². The largest absolute Gasteiger partial charge is 0.573 e. The molecule has 5 nitrogen and oxygen atoms in total. The van der Waals surface area contributed by atoms with E-state index in [9.17, 15) is 26.4 Å². The highest BCUT2D eigenvalue weighted by atomic mass is 32.2. The zero-order valence-corrected chi connectivity index (χ0v) is 13.6. The summed E-state index contributed by atoms with van der Waals surface area (Å²) >= 11 is 0. The first-order valence-electron chi connectivity index (χ1n) is 7.55. The van der Waals surface area contributed by atoms with E-state index in [0.717, 1.165) is 25.0 Å². The molecule has 2 rings (SSSR count). The lowest BCUT2D eigenvalue weighted by Crippen LogP contribution is -2.37. The second kappa shape index (κ2) is 7.42. The van der Waals surface area contributed by atoms with Crippen LogP contribution in [0.15, 0.2) is 24.3 Å². The van der Waals surface area contributed by atoms with E-state index in [-0.39, 0.29) is 18.6 Å². The Hall–Kier alpha value is -1.77. The molecule has 1 fully saturated rings. The van der Waals surface area contributed by atoms with Crippen LogP contribution in [0, 0.1) is 0 Å². The molecule has 0 spiro atoms. The monoisotopic (exact) mass is 365 g/mol. The number of halogens is 3. The molecule has 0 saturated heterocycles. The fourth-order valence-electron chi connectivity index (χ4n) is 2.61. The van der Waals surface area contributed by atoms with Gasteiger partial charge in [-0.05, 0) is 37.0 Å². The van der Waals surface area contributed by atoms with Crippen LogP contribution in [-0.2, 0) is 21.2 Å². The Morgan fingerprint density at radius 1 is 1.17 bits per heavy atom. The second-order valence-electron chi connectivity index (χ2n) is 5.67. The minimum absolute atomic E-state index is 0.0641. The lowest BCUT2D eigenvalue weighted by molar-refractivity contribution is -0.274. The molecule has 134 valence electrons. The Balaban J connectivity index is 1.83. The van der Waals surface area contributed by atoms with E-state index in [0.29, 0.717) is 18.4 Å². The van der Waals surface area contributed by atoms with Gasteiger partial charge in [-0.15, -0.1) is 13.2 Å². The van der Waals surface area contributed by atoms with Crippen molar-refractivity contribution in [1.82, 2.24) is 4.72 Å². The predicted molar refractivity (Wildman–Crippen MR) is 80.8 cm³/mol. The van der Waals surface area contributed by atoms with Gasteiger partial charge in [0.1, 0.15) is 5.75 Å². The van der Waals surface area contributed by atoms with Crippen LogP contribution >= 0.6 is 0 Å². The maximum atomic E-state index is 12.0. The number of rotatable bonds is 6. The first-order valence-corrected chi connectivity index (χ1v) is 9.09. The number of hydrogen-bond acceptors (Lipinski definition) is 4. The molecule has 1 amide bonds. The number of carbonyl (C=O) groups excluding carboxylic acids is 1. The first-order chi connectivity index (χ1) is 11.2. The van der Waals surface area contributed by atoms with E-state index in [2.05, 4.69) is 9.46 Å². The van der Waals surface area contributed by atoms with E-state index in [1.165, 1.54) is 12.1 Å². The summed E-state index contributed by atoms with van der Waals surface area (Å²) in [6.45, 7) is 0. The number of nitrogens with one attached hydrogen (secondary N) is 1. The van der Waals surface area contributed by atoms with E-state index in [1.54, 1.807) is 0 Å². The first kappa shape index (κ1) is 18.6. The van der Waals surface area contributed by atoms with Crippen LogP contribution < -0.4 is 9.46 Å². The molecule has 1 saturated carbocycles. The lowest BCUT2D eigenvalue weighted by Gasteiger charge is -2.12. The van der Waals surface area contributed by atoms with Gasteiger partial charge in [0.15, 0.2) is 0 Å². The van der Waals surface area contributed by atoms with E-state index in [1.807, 2.05) is 0 Å². The van der Waals surface area contributed by atoms with Crippen LogP contribution in [0.4, 0.5) is 13.2 Å². The van der Waals surface area contributed by atoms with Gasteiger partial charge < -0.3 is 4.74 Å². The average Bonchev–Trinajstić information content (AvgIpc) is 2.99. The number of ether oxygens (including phenoxy) is 1. The number of hydrogen-bond donors (Lipinski definition) is 1. The summed E-state index contributed by atoms with van der Waals surface area (Å²) in [5, 5.41) is -0.514. The Kier molecular flexibility index (Phi) is 5.74. The van der Waals surface area contributed by atoms with Crippen molar-refractivity contribution in [2.75, 3.05) is 0 Å². The summed E-state index contributed by atoms with van der Waals surface area (Å²) in [6, 6.07) is 5.10. The molecule has 9 heteroatoms. The van der Waals surface area contributed by atoms with Gasteiger partial charge in [-0.1, -0.05) is 25.0 Å². The molecule has 0 bridgehead atoms. The zero-order chi connectivity index (χ0) is 17.8. The highest BCUT2D eigenvalue weighted by molar-refractivity contribution is 7.90. The fourth-order valence-corrected chi connectivity index (χ4v) is 4.15. The standard InChI is InChI=1S/C15H18F3NO4S/c16-15(17,18)23-12-8-5-11(6-9-12)7-10-14(20)19-24(21,22)13-3-1-2-4-13/h5-6,8-9,13H,1-4,7,10H2,(H,19,20). The van der Waals surface area contributed by atoms with E-state index < -0.39 is 27.5 Å². The molecule has 1 N–H and O–H groups in total. The lowest BCUT2D eigenvalue weighted by atomic mass is 10.1. The van der Waals surface area contributed by atoms with Gasteiger partial charge in [0.05, 0.1) is 5.25 Å². The highest BCUT2D eigenvalue weighted by Crippen LogP contribution is 2.24. The van der Waals surface area contributed by atoms with Crippen molar-refractivity contribution < 1.29 is 31.1 Å². The van der Waals surface area contributed by atoms with E-state index in [4.69, 9.17) is 0 Å². The molecule has 0 heterocycles. The molecule has 0 aliphatic heterocycles. The number of amides is 1. The van der Waals surface area contributed by atoms with Gasteiger partial charge in [-0.25, -0.2) is 8.42 Å². The molecule has 1 aromatic carbocycles.